The first-order chi connectivity index (χ1) is 9.98. The molecule has 6 nitrogen and oxygen atoms in total. The third kappa shape index (κ3) is 7.13. The minimum absolute atomic E-state index is 0. The van der Waals surface area contributed by atoms with Crippen molar-refractivity contribution in [3.63, 3.8) is 0 Å². The molecule has 1 aliphatic rings. The first-order valence-corrected chi connectivity index (χ1v) is 9.64. The van der Waals surface area contributed by atoms with E-state index < -0.39 is 14.6 Å². The van der Waals surface area contributed by atoms with Crippen molar-refractivity contribution in [2.24, 2.45) is 4.99 Å². The zero-order valence-electron chi connectivity index (χ0n) is 15.3. The van der Waals surface area contributed by atoms with E-state index in [2.05, 4.69) is 41.3 Å². The third-order valence-corrected chi connectivity index (χ3v) is 6.24. The molecule has 0 atom stereocenters. The summed E-state index contributed by atoms with van der Waals surface area (Å²) in [5.74, 6) is 0.992. The van der Waals surface area contributed by atoms with Crippen LogP contribution in [0, 0.1) is 0 Å². The molecule has 0 amide bonds. The van der Waals surface area contributed by atoms with E-state index in [-0.39, 0.29) is 35.3 Å². The van der Waals surface area contributed by atoms with Gasteiger partial charge in [-0.15, -0.1) is 24.0 Å². The van der Waals surface area contributed by atoms with Crippen molar-refractivity contribution in [2.45, 2.75) is 51.8 Å². The quantitative estimate of drug-likeness (QED) is 0.288. The summed E-state index contributed by atoms with van der Waals surface area (Å²) >= 11 is 0. The van der Waals surface area contributed by atoms with Crippen molar-refractivity contribution < 1.29 is 8.42 Å². The van der Waals surface area contributed by atoms with Crippen LogP contribution in [0.3, 0.4) is 0 Å². The normalized spacial score (nSPS) is 20.8. The Labute approximate surface area is 158 Å². The van der Waals surface area contributed by atoms with Gasteiger partial charge in [-0.05, 0) is 41.5 Å². The van der Waals surface area contributed by atoms with Gasteiger partial charge in [0.05, 0.1) is 17.0 Å². The molecule has 23 heavy (non-hydrogen) atoms. The van der Waals surface area contributed by atoms with Crippen molar-refractivity contribution in [3.8, 4) is 0 Å². The molecule has 1 fully saturated rings. The van der Waals surface area contributed by atoms with E-state index in [1.165, 1.54) is 0 Å². The first-order valence-electron chi connectivity index (χ1n) is 7.99. The average molecular weight is 460 g/mol. The van der Waals surface area contributed by atoms with E-state index in [9.17, 15) is 8.42 Å². The molecule has 0 aromatic heterocycles. The highest BCUT2D eigenvalue weighted by atomic mass is 127. The van der Waals surface area contributed by atoms with Crippen LogP contribution in [0.2, 0.25) is 0 Å². The van der Waals surface area contributed by atoms with Crippen LogP contribution in [-0.4, -0.2) is 68.0 Å². The van der Waals surface area contributed by atoms with Gasteiger partial charge >= 0.3 is 0 Å². The molecule has 0 aliphatic carbocycles. The maximum absolute atomic E-state index is 12.1. The van der Waals surface area contributed by atoms with Crippen LogP contribution in [0.25, 0.3) is 0 Å². The van der Waals surface area contributed by atoms with Gasteiger partial charge in [0.15, 0.2) is 15.8 Å². The zero-order valence-corrected chi connectivity index (χ0v) is 18.4. The largest absolute Gasteiger partial charge is 0.357 e. The number of rotatable bonds is 4. The van der Waals surface area contributed by atoms with Crippen molar-refractivity contribution in [3.05, 3.63) is 0 Å². The summed E-state index contributed by atoms with van der Waals surface area (Å²) in [4.78, 5) is 6.68. The molecule has 0 aromatic carbocycles. The van der Waals surface area contributed by atoms with E-state index in [0.29, 0.717) is 19.6 Å². The molecule has 0 spiro atoms. The van der Waals surface area contributed by atoms with Crippen molar-refractivity contribution in [1.82, 2.24) is 15.5 Å². The molecule has 1 rings (SSSR count). The number of halogens is 1. The Balaban J connectivity index is 0.00000484. The van der Waals surface area contributed by atoms with Crippen LogP contribution >= 0.6 is 24.0 Å². The molecular formula is C15H33IN4O2S. The summed E-state index contributed by atoms with van der Waals surface area (Å²) in [6.07, 6.45) is 0. The maximum Gasteiger partial charge on any atom is 0.194 e. The van der Waals surface area contributed by atoms with Gasteiger partial charge in [-0.1, -0.05) is 0 Å². The Morgan fingerprint density at radius 3 is 2.39 bits per heavy atom. The zero-order chi connectivity index (χ0) is 17.0. The molecule has 0 aromatic rings. The van der Waals surface area contributed by atoms with E-state index in [1.807, 2.05) is 6.92 Å². The molecule has 0 radical (unpaired) electrons. The molecule has 138 valence electrons. The fourth-order valence-corrected chi connectivity index (χ4v) is 3.71. The fraction of sp³-hybridized carbons (Fsp3) is 0.933. The first kappa shape index (κ1) is 22.9. The summed E-state index contributed by atoms with van der Waals surface area (Å²) < 4.78 is 23.5. The third-order valence-electron chi connectivity index (χ3n) is 3.71. The summed E-state index contributed by atoms with van der Waals surface area (Å²) in [5.41, 5.74) is 0.0784. The van der Waals surface area contributed by atoms with Gasteiger partial charge in [0, 0.05) is 31.7 Å². The fourth-order valence-electron chi connectivity index (χ4n) is 2.34. The van der Waals surface area contributed by atoms with Crippen LogP contribution in [0.4, 0.5) is 0 Å². The number of hydrogen-bond donors (Lipinski definition) is 2. The maximum atomic E-state index is 12.1. The van der Waals surface area contributed by atoms with Crippen LogP contribution in [0.15, 0.2) is 4.99 Å². The molecule has 0 unspecified atom stereocenters. The predicted octanol–water partition coefficient (Wildman–Crippen LogP) is 1.47. The Hall–Kier alpha value is -0.0900. The molecule has 0 saturated carbocycles. The molecule has 1 heterocycles. The second kappa shape index (κ2) is 8.84. The van der Waals surface area contributed by atoms with Crippen LogP contribution in [0.5, 0.6) is 0 Å². The van der Waals surface area contributed by atoms with Gasteiger partial charge in [-0.2, -0.15) is 0 Å². The highest BCUT2D eigenvalue weighted by molar-refractivity contribution is 14.0. The van der Waals surface area contributed by atoms with E-state index in [4.69, 9.17) is 0 Å². The Morgan fingerprint density at radius 1 is 1.30 bits per heavy atom. The second-order valence-electron chi connectivity index (χ2n) is 7.41. The molecule has 0 bridgehead atoms. The summed E-state index contributed by atoms with van der Waals surface area (Å²) in [6.45, 7) is 15.2. The standard InChI is InChI=1S/C15H32N4O2S.HI/c1-7-16-13(17-8-9-18-14(2,3)4)19-10-11-22(20,21)15(5,6)12-19;/h18H,7-12H2,1-6H3,(H,16,17);1H. The molecule has 2 N–H and O–H groups in total. The van der Waals surface area contributed by atoms with Crippen molar-refractivity contribution >= 4 is 39.8 Å². The molecular weight excluding hydrogens is 427 g/mol. The van der Waals surface area contributed by atoms with E-state index in [1.54, 1.807) is 13.8 Å². The Morgan fingerprint density at radius 2 is 1.91 bits per heavy atom. The lowest BCUT2D eigenvalue weighted by Crippen LogP contribution is -2.57. The molecule has 1 aliphatic heterocycles. The monoisotopic (exact) mass is 460 g/mol. The van der Waals surface area contributed by atoms with Crippen LogP contribution < -0.4 is 10.6 Å². The topological polar surface area (TPSA) is 73.8 Å². The number of nitrogens with zero attached hydrogens (tertiary/aromatic N) is 2. The number of guanidine groups is 1. The lowest BCUT2D eigenvalue weighted by Gasteiger charge is -2.39. The number of hydrogen-bond acceptors (Lipinski definition) is 4. The van der Waals surface area contributed by atoms with Gasteiger partial charge in [0.1, 0.15) is 0 Å². The van der Waals surface area contributed by atoms with Crippen LogP contribution in [0.1, 0.15) is 41.5 Å². The van der Waals surface area contributed by atoms with Crippen molar-refractivity contribution in [2.75, 3.05) is 38.5 Å². The summed E-state index contributed by atoms with van der Waals surface area (Å²) in [7, 11) is -3.02. The Kier molecular flexibility index (Phi) is 8.81. The molecule has 1 saturated heterocycles. The van der Waals surface area contributed by atoms with Crippen LogP contribution in [-0.2, 0) is 9.84 Å². The van der Waals surface area contributed by atoms with Gasteiger partial charge in [0.25, 0.3) is 0 Å². The smallest absolute Gasteiger partial charge is 0.194 e. The lowest BCUT2D eigenvalue weighted by molar-refractivity contribution is 0.352. The predicted molar refractivity (Wildman–Crippen MR) is 109 cm³/mol. The van der Waals surface area contributed by atoms with Gasteiger partial charge in [-0.25, -0.2) is 8.42 Å². The highest BCUT2D eigenvalue weighted by Gasteiger charge is 2.40. The van der Waals surface area contributed by atoms with Crippen molar-refractivity contribution in [1.29, 1.82) is 0 Å². The van der Waals surface area contributed by atoms with Gasteiger partial charge in [0.2, 0.25) is 0 Å². The average Bonchev–Trinajstić information content (AvgIpc) is 2.35. The minimum Gasteiger partial charge on any atom is -0.357 e. The minimum atomic E-state index is -3.02. The van der Waals surface area contributed by atoms with Gasteiger partial charge < -0.3 is 15.5 Å². The van der Waals surface area contributed by atoms with E-state index >= 15 is 0 Å². The number of sulfone groups is 1. The SMILES string of the molecule is CCNC(=NCCNC(C)(C)C)N1CCS(=O)(=O)C(C)(C)C1.I. The molecule has 8 heteroatoms. The summed E-state index contributed by atoms with van der Waals surface area (Å²) in [5, 5.41) is 6.67. The van der Waals surface area contributed by atoms with Gasteiger partial charge in [-0.3, -0.25) is 4.99 Å². The lowest BCUT2D eigenvalue weighted by atomic mass is 10.1. The summed E-state index contributed by atoms with van der Waals surface area (Å²) in [6, 6.07) is 0. The highest BCUT2D eigenvalue weighted by Crippen LogP contribution is 2.23. The second-order valence-corrected chi connectivity index (χ2v) is 10.2. The number of aliphatic imine (C=N–C) groups is 1. The Bertz CT molecular complexity index is 498. The number of nitrogens with one attached hydrogen (secondary N) is 2. The van der Waals surface area contributed by atoms with E-state index in [0.717, 1.165) is 19.0 Å².